The largest absolute Gasteiger partial charge is 0.497 e. The van der Waals surface area contributed by atoms with Gasteiger partial charge < -0.3 is 14.8 Å². The summed E-state index contributed by atoms with van der Waals surface area (Å²) in [4.78, 5) is 34.7. The summed E-state index contributed by atoms with van der Waals surface area (Å²) in [6, 6.07) is 11.5. The van der Waals surface area contributed by atoms with Gasteiger partial charge in [0.25, 0.3) is 11.6 Å². The molecule has 8 heteroatoms. The summed E-state index contributed by atoms with van der Waals surface area (Å²) in [6.07, 6.45) is -0.413. The number of nitro groups is 1. The van der Waals surface area contributed by atoms with Crippen molar-refractivity contribution >= 4 is 17.6 Å². The van der Waals surface area contributed by atoms with E-state index in [1.165, 1.54) is 19.1 Å². The summed E-state index contributed by atoms with van der Waals surface area (Å²) in [5.41, 5.74) is 1.31. The highest BCUT2D eigenvalue weighted by Gasteiger charge is 2.21. The van der Waals surface area contributed by atoms with Crippen LogP contribution >= 0.6 is 0 Å². The van der Waals surface area contributed by atoms with Crippen LogP contribution in [0.25, 0.3) is 0 Å². The Morgan fingerprint density at radius 3 is 2.46 bits per heavy atom. The molecule has 0 radical (unpaired) electrons. The first-order valence-electron chi connectivity index (χ1n) is 8.68. The molecule has 0 aliphatic rings. The molecule has 0 heterocycles. The van der Waals surface area contributed by atoms with Crippen LogP contribution in [0.4, 0.5) is 5.69 Å². The molecule has 0 unspecified atom stereocenters. The average molecular weight is 386 g/mol. The smallest absolute Gasteiger partial charge is 0.339 e. The first kappa shape index (κ1) is 20.9. The zero-order chi connectivity index (χ0) is 20.7. The number of nitro benzene ring substituents is 1. The fraction of sp³-hybridized carbons (Fsp3) is 0.300. The van der Waals surface area contributed by atoms with Gasteiger partial charge in [0.15, 0.2) is 6.10 Å². The molecule has 0 aliphatic heterocycles. The van der Waals surface area contributed by atoms with E-state index in [-0.39, 0.29) is 11.3 Å². The van der Waals surface area contributed by atoms with Crippen molar-refractivity contribution in [2.24, 2.45) is 0 Å². The van der Waals surface area contributed by atoms with E-state index in [0.29, 0.717) is 18.5 Å². The molecule has 0 saturated carbocycles. The SMILES string of the molecule is COc1ccc(CCNC(=O)[C@@H](C)OC(=O)c2ccc(C)c([N+](=O)[O-])c2)cc1. The summed E-state index contributed by atoms with van der Waals surface area (Å²) in [5, 5.41) is 13.7. The van der Waals surface area contributed by atoms with Gasteiger partial charge in [0.2, 0.25) is 0 Å². The van der Waals surface area contributed by atoms with Crippen molar-refractivity contribution in [3.63, 3.8) is 0 Å². The molecule has 1 N–H and O–H groups in total. The first-order chi connectivity index (χ1) is 13.3. The van der Waals surface area contributed by atoms with E-state index in [0.717, 1.165) is 17.4 Å². The number of aryl methyl sites for hydroxylation is 1. The number of benzene rings is 2. The maximum atomic E-state index is 12.2. The minimum atomic E-state index is -1.02. The minimum absolute atomic E-state index is 0.0233. The number of nitrogens with one attached hydrogen (secondary N) is 1. The number of nitrogens with zero attached hydrogens (tertiary/aromatic N) is 1. The molecule has 2 aromatic carbocycles. The number of carbonyl (C=O) groups excluding carboxylic acids is 2. The second-order valence-corrected chi connectivity index (χ2v) is 6.20. The lowest BCUT2D eigenvalue weighted by molar-refractivity contribution is -0.385. The van der Waals surface area contributed by atoms with Crippen LogP contribution in [0.15, 0.2) is 42.5 Å². The lowest BCUT2D eigenvalue weighted by atomic mass is 10.1. The summed E-state index contributed by atoms with van der Waals surface area (Å²) in [7, 11) is 1.59. The monoisotopic (exact) mass is 386 g/mol. The Morgan fingerprint density at radius 1 is 1.18 bits per heavy atom. The fourth-order valence-electron chi connectivity index (χ4n) is 2.48. The van der Waals surface area contributed by atoms with E-state index < -0.39 is 22.9 Å². The average Bonchev–Trinajstić information content (AvgIpc) is 2.68. The molecule has 2 aromatic rings. The Kier molecular flexibility index (Phi) is 7.08. The third kappa shape index (κ3) is 5.54. The first-order valence-corrected chi connectivity index (χ1v) is 8.68. The lowest BCUT2D eigenvalue weighted by Crippen LogP contribution is -2.36. The highest BCUT2D eigenvalue weighted by atomic mass is 16.6. The normalized spacial score (nSPS) is 11.4. The topological polar surface area (TPSA) is 108 Å². The summed E-state index contributed by atoms with van der Waals surface area (Å²) in [5.74, 6) is -0.478. The molecule has 28 heavy (non-hydrogen) atoms. The molecule has 0 bridgehead atoms. The minimum Gasteiger partial charge on any atom is -0.497 e. The van der Waals surface area contributed by atoms with Gasteiger partial charge in [0, 0.05) is 18.2 Å². The molecule has 0 fully saturated rings. The molecule has 2 rings (SSSR count). The zero-order valence-electron chi connectivity index (χ0n) is 15.9. The highest BCUT2D eigenvalue weighted by Crippen LogP contribution is 2.20. The maximum Gasteiger partial charge on any atom is 0.339 e. The number of methoxy groups -OCH3 is 1. The third-order valence-electron chi connectivity index (χ3n) is 4.17. The molecule has 0 spiro atoms. The molecule has 0 aromatic heterocycles. The summed E-state index contributed by atoms with van der Waals surface area (Å²) >= 11 is 0. The maximum absolute atomic E-state index is 12.2. The predicted molar refractivity (Wildman–Crippen MR) is 102 cm³/mol. The molecule has 0 aliphatic carbocycles. The molecular formula is C20H22N2O6. The third-order valence-corrected chi connectivity index (χ3v) is 4.17. The summed E-state index contributed by atoms with van der Waals surface area (Å²) in [6.45, 7) is 3.40. The van der Waals surface area contributed by atoms with Crippen LogP contribution < -0.4 is 10.1 Å². The molecule has 1 amide bonds. The Labute approximate surface area is 162 Å². The van der Waals surface area contributed by atoms with Crippen LogP contribution in [0.2, 0.25) is 0 Å². The van der Waals surface area contributed by atoms with Crippen molar-refractivity contribution in [1.82, 2.24) is 5.32 Å². The van der Waals surface area contributed by atoms with Crippen LogP contribution in [0.5, 0.6) is 5.75 Å². The van der Waals surface area contributed by atoms with Crippen LogP contribution in [0, 0.1) is 17.0 Å². The second-order valence-electron chi connectivity index (χ2n) is 6.20. The van der Waals surface area contributed by atoms with E-state index in [4.69, 9.17) is 9.47 Å². The van der Waals surface area contributed by atoms with Gasteiger partial charge in [-0.15, -0.1) is 0 Å². The Balaban J connectivity index is 1.86. The van der Waals surface area contributed by atoms with Gasteiger partial charge in [-0.05, 0) is 44.0 Å². The number of esters is 1. The van der Waals surface area contributed by atoms with Crippen molar-refractivity contribution in [2.75, 3.05) is 13.7 Å². The van der Waals surface area contributed by atoms with Gasteiger partial charge in [0.1, 0.15) is 5.75 Å². The number of ether oxygens (including phenoxy) is 2. The second kappa shape index (κ2) is 9.50. The van der Waals surface area contributed by atoms with Gasteiger partial charge in [0.05, 0.1) is 17.6 Å². The summed E-state index contributed by atoms with van der Waals surface area (Å²) < 4.78 is 10.2. The van der Waals surface area contributed by atoms with Crippen molar-refractivity contribution in [3.8, 4) is 5.75 Å². The van der Waals surface area contributed by atoms with Crippen LogP contribution in [0.1, 0.15) is 28.4 Å². The van der Waals surface area contributed by atoms with Gasteiger partial charge in [-0.3, -0.25) is 14.9 Å². The van der Waals surface area contributed by atoms with Crippen LogP contribution in [0.3, 0.4) is 0 Å². The van der Waals surface area contributed by atoms with Crippen molar-refractivity contribution < 1.29 is 24.0 Å². The number of hydrogen-bond acceptors (Lipinski definition) is 6. The van der Waals surface area contributed by atoms with E-state index in [2.05, 4.69) is 5.32 Å². The Hall–Kier alpha value is -3.42. The number of amides is 1. The van der Waals surface area contributed by atoms with Gasteiger partial charge >= 0.3 is 5.97 Å². The molecule has 148 valence electrons. The van der Waals surface area contributed by atoms with Crippen molar-refractivity contribution in [3.05, 3.63) is 69.3 Å². The van der Waals surface area contributed by atoms with Crippen molar-refractivity contribution in [2.45, 2.75) is 26.4 Å². The predicted octanol–water partition coefficient (Wildman–Crippen LogP) is 2.82. The molecule has 8 nitrogen and oxygen atoms in total. The lowest BCUT2D eigenvalue weighted by Gasteiger charge is -2.14. The quantitative estimate of drug-likeness (QED) is 0.425. The van der Waals surface area contributed by atoms with Crippen LogP contribution in [-0.2, 0) is 16.0 Å². The molecular weight excluding hydrogens is 364 g/mol. The van der Waals surface area contributed by atoms with E-state index in [1.807, 2.05) is 24.3 Å². The van der Waals surface area contributed by atoms with Crippen LogP contribution in [-0.4, -0.2) is 36.6 Å². The molecule has 0 saturated heterocycles. The van der Waals surface area contributed by atoms with Gasteiger partial charge in [-0.25, -0.2) is 4.79 Å². The zero-order valence-corrected chi connectivity index (χ0v) is 15.9. The van der Waals surface area contributed by atoms with E-state index in [1.54, 1.807) is 14.0 Å². The van der Waals surface area contributed by atoms with Crippen molar-refractivity contribution in [1.29, 1.82) is 0 Å². The standard InChI is InChI=1S/C20H22N2O6/c1-13-4-7-16(12-18(13)22(25)26)20(24)28-14(2)19(23)21-11-10-15-5-8-17(27-3)9-6-15/h4-9,12,14H,10-11H2,1-3H3,(H,21,23)/t14-/m1/s1. The van der Waals surface area contributed by atoms with Gasteiger partial charge in [-0.2, -0.15) is 0 Å². The van der Waals surface area contributed by atoms with Gasteiger partial charge in [-0.1, -0.05) is 18.2 Å². The fourth-order valence-corrected chi connectivity index (χ4v) is 2.48. The number of hydrogen-bond donors (Lipinski definition) is 1. The van der Waals surface area contributed by atoms with E-state index >= 15 is 0 Å². The number of rotatable bonds is 8. The Morgan fingerprint density at radius 2 is 1.86 bits per heavy atom. The van der Waals surface area contributed by atoms with E-state index in [9.17, 15) is 19.7 Å². The highest BCUT2D eigenvalue weighted by molar-refractivity contribution is 5.92. The number of carbonyl (C=O) groups is 2. The molecule has 1 atom stereocenters. The Bertz CT molecular complexity index is 863.